The van der Waals surface area contributed by atoms with Gasteiger partial charge in [0.05, 0.1) is 22.3 Å². The van der Waals surface area contributed by atoms with Gasteiger partial charge in [0.15, 0.2) is 5.82 Å². The van der Waals surface area contributed by atoms with Gasteiger partial charge in [0.25, 0.3) is 0 Å². The first-order valence-corrected chi connectivity index (χ1v) is 12.8. The molecule has 5 aromatic rings. The molecule has 0 aliphatic heterocycles. The van der Waals surface area contributed by atoms with Crippen LogP contribution in [0.4, 0.5) is 5.69 Å². The van der Waals surface area contributed by atoms with Gasteiger partial charge in [0, 0.05) is 41.8 Å². The van der Waals surface area contributed by atoms with Crippen LogP contribution in [-0.4, -0.2) is 37.7 Å². The van der Waals surface area contributed by atoms with Crippen LogP contribution in [0.3, 0.4) is 0 Å². The lowest BCUT2D eigenvalue weighted by Crippen LogP contribution is -2.12. The third kappa shape index (κ3) is 5.44. The molecule has 3 aromatic carbocycles. The zero-order valence-electron chi connectivity index (χ0n) is 19.8. The molecule has 0 saturated carbocycles. The van der Waals surface area contributed by atoms with Crippen LogP contribution >= 0.6 is 34.8 Å². The van der Waals surface area contributed by atoms with E-state index in [4.69, 9.17) is 39.5 Å². The average molecular weight is 555 g/mol. The molecule has 0 spiro atoms. The minimum absolute atomic E-state index is 0.119. The highest BCUT2D eigenvalue weighted by Gasteiger charge is 2.17. The van der Waals surface area contributed by atoms with Crippen molar-refractivity contribution in [2.45, 2.75) is 6.42 Å². The zero-order valence-corrected chi connectivity index (χ0v) is 22.1. The van der Waals surface area contributed by atoms with Crippen LogP contribution in [0.5, 0.6) is 6.01 Å². The molecular weight excluding hydrogens is 533 g/mol. The first-order chi connectivity index (χ1) is 17.9. The number of aromatic nitrogens is 4. The molecule has 10 heteroatoms. The lowest BCUT2D eigenvalue weighted by molar-refractivity contribution is -0.113. The number of hydrogen-bond acceptors (Lipinski definition) is 4. The second-order valence-corrected chi connectivity index (χ2v) is 9.45. The largest absolute Gasteiger partial charge is 0.462 e. The van der Waals surface area contributed by atoms with E-state index in [-0.39, 0.29) is 17.8 Å². The minimum Gasteiger partial charge on any atom is -0.462 e. The molecule has 1 N–H and O–H groups in total. The number of hydrogen-bond donors (Lipinski definition) is 1. The van der Waals surface area contributed by atoms with E-state index in [9.17, 15) is 4.79 Å². The Kier molecular flexibility index (Phi) is 7.37. The molecule has 0 saturated heterocycles. The quantitative estimate of drug-likeness (QED) is 0.221. The average Bonchev–Trinajstić information content (AvgIpc) is 3.47. The molecule has 37 heavy (non-hydrogen) atoms. The first kappa shape index (κ1) is 25.1. The van der Waals surface area contributed by atoms with Crippen molar-refractivity contribution < 1.29 is 9.53 Å². The van der Waals surface area contributed by atoms with Crippen LogP contribution in [-0.2, 0) is 18.3 Å². The number of carbonyl (C=O) groups excluding carboxylic acids is 1. The van der Waals surface area contributed by atoms with Crippen molar-refractivity contribution in [3.05, 3.63) is 88.5 Å². The zero-order chi connectivity index (χ0) is 25.9. The fraction of sp³-hybridized carbons (Fsp3) is 0.148. The lowest BCUT2D eigenvalue weighted by Gasteiger charge is -2.08. The number of anilines is 1. The minimum atomic E-state index is -0.284. The number of para-hydroxylation sites is 1. The highest BCUT2D eigenvalue weighted by atomic mass is 35.5. The number of amides is 1. The van der Waals surface area contributed by atoms with Crippen LogP contribution in [0.15, 0.2) is 72.9 Å². The molecule has 0 aliphatic rings. The summed E-state index contributed by atoms with van der Waals surface area (Å²) in [5, 5.41) is 9.38. The molecule has 2 heterocycles. The predicted molar refractivity (Wildman–Crippen MR) is 148 cm³/mol. The van der Waals surface area contributed by atoms with Gasteiger partial charge < -0.3 is 14.6 Å². The smallest absolute Gasteiger partial charge is 0.336 e. The van der Waals surface area contributed by atoms with Crippen molar-refractivity contribution in [2.24, 2.45) is 7.05 Å². The third-order valence-electron chi connectivity index (χ3n) is 5.86. The van der Waals surface area contributed by atoms with Gasteiger partial charge in [0.2, 0.25) is 5.91 Å². The Morgan fingerprint density at radius 3 is 2.57 bits per heavy atom. The SMILES string of the molecule is Cn1cc(CCOc2nc(-c3ccc(Cl)c(Cl)c3)n(-c3ccc(NC(=O)CCl)cc3)n2)c2ccccc21. The lowest BCUT2D eigenvalue weighted by atomic mass is 10.1. The van der Waals surface area contributed by atoms with Crippen molar-refractivity contribution in [2.75, 3.05) is 17.8 Å². The van der Waals surface area contributed by atoms with Crippen LogP contribution in [0.1, 0.15) is 5.56 Å². The van der Waals surface area contributed by atoms with E-state index in [1.54, 1.807) is 28.9 Å². The molecule has 0 aliphatic carbocycles. The normalized spacial score (nSPS) is 11.1. The summed E-state index contributed by atoms with van der Waals surface area (Å²) in [6.07, 6.45) is 2.82. The standard InChI is InChI=1S/C27H22Cl3N5O2/c1-34-16-18(21-4-2-3-5-24(21)34)12-13-37-27-32-26(17-6-11-22(29)23(30)14-17)35(33-27)20-9-7-19(8-10-20)31-25(36)15-28/h2-11,14,16H,12-13,15H2,1H3,(H,31,36). The summed E-state index contributed by atoms with van der Waals surface area (Å²) in [5.74, 6) is 0.135. The summed E-state index contributed by atoms with van der Waals surface area (Å²) < 4.78 is 9.77. The van der Waals surface area contributed by atoms with Crippen LogP contribution in [0.2, 0.25) is 10.0 Å². The van der Waals surface area contributed by atoms with Gasteiger partial charge in [-0.2, -0.15) is 4.98 Å². The number of aryl methyl sites for hydroxylation is 1. The molecule has 0 radical (unpaired) electrons. The number of carbonyl (C=O) groups is 1. The van der Waals surface area contributed by atoms with Gasteiger partial charge in [-0.25, -0.2) is 4.68 Å². The Morgan fingerprint density at radius 2 is 1.81 bits per heavy atom. The van der Waals surface area contributed by atoms with Gasteiger partial charge >= 0.3 is 6.01 Å². The Morgan fingerprint density at radius 1 is 1.03 bits per heavy atom. The van der Waals surface area contributed by atoms with E-state index in [1.165, 1.54) is 16.5 Å². The van der Waals surface area contributed by atoms with E-state index < -0.39 is 0 Å². The van der Waals surface area contributed by atoms with E-state index in [2.05, 4.69) is 38.3 Å². The van der Waals surface area contributed by atoms with Crippen molar-refractivity contribution in [1.82, 2.24) is 19.3 Å². The summed E-state index contributed by atoms with van der Waals surface area (Å²) in [6.45, 7) is 0.405. The number of nitrogens with one attached hydrogen (secondary N) is 1. The van der Waals surface area contributed by atoms with Crippen molar-refractivity contribution >= 4 is 57.3 Å². The van der Waals surface area contributed by atoms with Crippen molar-refractivity contribution in [3.8, 4) is 23.1 Å². The predicted octanol–water partition coefficient (Wildman–Crippen LogP) is 6.53. The summed E-state index contributed by atoms with van der Waals surface area (Å²) in [6, 6.07) is 20.9. The first-order valence-electron chi connectivity index (χ1n) is 11.5. The molecule has 2 aromatic heterocycles. The van der Waals surface area contributed by atoms with Gasteiger partial charge in [-0.15, -0.1) is 16.7 Å². The van der Waals surface area contributed by atoms with E-state index in [0.29, 0.717) is 34.6 Å². The van der Waals surface area contributed by atoms with E-state index in [0.717, 1.165) is 11.3 Å². The van der Waals surface area contributed by atoms with Gasteiger partial charge in [-0.3, -0.25) is 4.79 Å². The highest BCUT2D eigenvalue weighted by molar-refractivity contribution is 6.42. The molecule has 0 fully saturated rings. The second-order valence-electron chi connectivity index (χ2n) is 8.37. The highest BCUT2D eigenvalue weighted by Crippen LogP contribution is 2.30. The number of benzene rings is 3. The number of alkyl halides is 1. The molecule has 0 unspecified atom stereocenters. The third-order valence-corrected chi connectivity index (χ3v) is 6.85. The summed E-state index contributed by atoms with van der Waals surface area (Å²) in [5.41, 5.74) is 4.44. The molecule has 0 atom stereocenters. The Bertz CT molecular complexity index is 1580. The number of fused-ring (bicyclic) bond motifs is 1. The Labute approximate surface area is 228 Å². The molecule has 7 nitrogen and oxygen atoms in total. The van der Waals surface area contributed by atoms with Crippen molar-refractivity contribution in [3.63, 3.8) is 0 Å². The van der Waals surface area contributed by atoms with Gasteiger partial charge in [-0.05, 0) is 54.1 Å². The summed E-state index contributed by atoms with van der Waals surface area (Å²) in [4.78, 5) is 16.2. The van der Waals surface area contributed by atoms with Crippen molar-refractivity contribution in [1.29, 1.82) is 0 Å². The maximum atomic E-state index is 11.6. The topological polar surface area (TPSA) is 74.0 Å². The molecule has 1 amide bonds. The van der Waals surface area contributed by atoms with Crippen LogP contribution in [0, 0.1) is 0 Å². The summed E-state index contributed by atoms with van der Waals surface area (Å²) in [7, 11) is 2.03. The molecule has 188 valence electrons. The van der Waals surface area contributed by atoms with Gasteiger partial charge in [0.1, 0.15) is 5.88 Å². The number of nitrogens with zero attached hydrogens (tertiary/aromatic N) is 4. The molecule has 5 rings (SSSR count). The fourth-order valence-electron chi connectivity index (χ4n) is 4.11. The second kappa shape index (κ2) is 10.8. The fourth-order valence-corrected chi connectivity index (χ4v) is 4.48. The monoisotopic (exact) mass is 553 g/mol. The van der Waals surface area contributed by atoms with E-state index in [1.807, 2.05) is 37.4 Å². The molecular formula is C27H22Cl3N5O2. The van der Waals surface area contributed by atoms with Gasteiger partial charge in [-0.1, -0.05) is 41.4 Å². The number of rotatable bonds is 8. The van der Waals surface area contributed by atoms with Crippen LogP contribution < -0.4 is 10.1 Å². The number of ether oxygens (including phenoxy) is 1. The maximum absolute atomic E-state index is 11.6. The van der Waals surface area contributed by atoms with Crippen LogP contribution in [0.25, 0.3) is 28.0 Å². The number of halogens is 3. The Hall–Kier alpha value is -3.52. The summed E-state index contributed by atoms with van der Waals surface area (Å²) >= 11 is 18.0. The molecule has 0 bridgehead atoms. The maximum Gasteiger partial charge on any atom is 0.336 e. The Balaban J connectivity index is 1.42. The van der Waals surface area contributed by atoms with E-state index >= 15 is 0 Å².